The molecule has 0 N–H and O–H groups in total. The monoisotopic (exact) mass is 328 g/mol. The highest BCUT2D eigenvalue weighted by Gasteiger charge is 2.08. The lowest BCUT2D eigenvalue weighted by atomic mass is 10.2. The second-order valence-electron chi connectivity index (χ2n) is 4.50. The molecule has 0 aliphatic carbocycles. The molecule has 3 aromatic rings. The molecule has 3 rings (SSSR count). The van der Waals surface area contributed by atoms with Gasteiger partial charge in [-0.1, -0.05) is 65.8 Å². The van der Waals surface area contributed by atoms with Crippen molar-refractivity contribution in [2.75, 3.05) is 5.75 Å². The summed E-state index contributed by atoms with van der Waals surface area (Å²) < 4.78 is 5.63. The third-order valence-electron chi connectivity index (χ3n) is 2.91. The number of rotatable bonds is 5. The quantitative estimate of drug-likeness (QED) is 0.604. The van der Waals surface area contributed by atoms with E-state index in [-0.39, 0.29) is 0 Å². The van der Waals surface area contributed by atoms with E-state index in [0.717, 1.165) is 11.3 Å². The molecular formula is C17H13ClN2OS. The molecule has 22 heavy (non-hydrogen) atoms. The van der Waals surface area contributed by atoms with Crippen LogP contribution >= 0.6 is 23.4 Å². The van der Waals surface area contributed by atoms with Crippen LogP contribution in [0, 0.1) is 0 Å². The first-order chi connectivity index (χ1) is 10.8. The summed E-state index contributed by atoms with van der Waals surface area (Å²) in [6.07, 6.45) is 4.15. The van der Waals surface area contributed by atoms with Gasteiger partial charge in [0.15, 0.2) is 0 Å². The Bertz CT molecular complexity index is 754. The third-order valence-corrected chi connectivity index (χ3v) is 3.93. The first-order valence-corrected chi connectivity index (χ1v) is 8.11. The second-order valence-corrected chi connectivity index (χ2v) is 5.91. The number of hydrogen-bond acceptors (Lipinski definition) is 4. The van der Waals surface area contributed by atoms with Gasteiger partial charge in [-0.25, -0.2) is 0 Å². The topological polar surface area (TPSA) is 38.9 Å². The molecule has 0 unspecified atom stereocenters. The molecule has 0 aliphatic heterocycles. The van der Waals surface area contributed by atoms with Gasteiger partial charge in [0, 0.05) is 16.3 Å². The highest BCUT2D eigenvalue weighted by molar-refractivity contribution is 7.99. The van der Waals surface area contributed by atoms with Crippen molar-refractivity contribution >= 4 is 29.4 Å². The largest absolute Gasteiger partial charge is 0.411 e. The highest BCUT2D eigenvalue weighted by Crippen LogP contribution is 2.24. The Morgan fingerprint density at radius 3 is 2.55 bits per heavy atom. The molecule has 0 radical (unpaired) electrons. The number of halogens is 1. The maximum absolute atomic E-state index is 5.86. The van der Waals surface area contributed by atoms with E-state index in [1.54, 1.807) is 12.1 Å². The summed E-state index contributed by atoms with van der Waals surface area (Å²) in [5.41, 5.74) is 2.04. The van der Waals surface area contributed by atoms with Crippen LogP contribution in [-0.2, 0) is 0 Å². The van der Waals surface area contributed by atoms with Crippen molar-refractivity contribution in [2.24, 2.45) is 0 Å². The van der Waals surface area contributed by atoms with Gasteiger partial charge in [0.25, 0.3) is 5.22 Å². The van der Waals surface area contributed by atoms with Crippen molar-refractivity contribution < 1.29 is 4.42 Å². The van der Waals surface area contributed by atoms with Gasteiger partial charge in [0.2, 0.25) is 5.89 Å². The fourth-order valence-corrected chi connectivity index (χ4v) is 2.54. The lowest BCUT2D eigenvalue weighted by molar-refractivity contribution is 0.466. The fraction of sp³-hybridized carbons (Fsp3) is 0.0588. The average molecular weight is 329 g/mol. The predicted molar refractivity (Wildman–Crippen MR) is 90.9 cm³/mol. The van der Waals surface area contributed by atoms with Crippen LogP contribution < -0.4 is 0 Å². The zero-order valence-electron chi connectivity index (χ0n) is 11.6. The van der Waals surface area contributed by atoms with E-state index in [9.17, 15) is 0 Å². The lowest BCUT2D eigenvalue weighted by Gasteiger charge is -1.94. The van der Waals surface area contributed by atoms with Crippen LogP contribution in [0.15, 0.2) is 70.3 Å². The van der Waals surface area contributed by atoms with Crippen LogP contribution in [0.5, 0.6) is 0 Å². The van der Waals surface area contributed by atoms with E-state index in [2.05, 4.69) is 34.5 Å². The smallest absolute Gasteiger partial charge is 0.277 e. The molecule has 0 amide bonds. The Morgan fingerprint density at radius 1 is 1.00 bits per heavy atom. The summed E-state index contributed by atoms with van der Waals surface area (Å²) in [4.78, 5) is 0. The van der Waals surface area contributed by atoms with Crippen molar-refractivity contribution in [1.82, 2.24) is 10.2 Å². The average Bonchev–Trinajstić information content (AvgIpc) is 3.02. The van der Waals surface area contributed by atoms with Crippen LogP contribution in [0.1, 0.15) is 5.56 Å². The minimum absolute atomic E-state index is 0.506. The first kappa shape index (κ1) is 14.9. The maximum atomic E-state index is 5.86. The minimum Gasteiger partial charge on any atom is -0.411 e. The molecule has 1 heterocycles. The Labute approximate surface area is 138 Å². The standard InChI is InChI=1S/C17H13ClN2OS/c18-15-10-8-14(9-11-15)16-19-20-17(21-16)22-12-4-7-13-5-2-1-3-6-13/h1-11H,12H2/b7-4+. The van der Waals surface area contributed by atoms with Crippen LogP contribution in [0.25, 0.3) is 17.5 Å². The zero-order valence-corrected chi connectivity index (χ0v) is 13.2. The molecule has 110 valence electrons. The van der Waals surface area contributed by atoms with Gasteiger partial charge in [-0.2, -0.15) is 0 Å². The Kier molecular flexibility index (Phi) is 4.93. The minimum atomic E-state index is 0.506. The number of hydrogen-bond donors (Lipinski definition) is 0. The molecule has 0 bridgehead atoms. The lowest BCUT2D eigenvalue weighted by Crippen LogP contribution is -1.76. The fourth-order valence-electron chi connectivity index (χ4n) is 1.84. The summed E-state index contributed by atoms with van der Waals surface area (Å²) in [7, 11) is 0. The van der Waals surface area contributed by atoms with Crippen molar-refractivity contribution in [2.45, 2.75) is 5.22 Å². The van der Waals surface area contributed by atoms with Crippen LogP contribution in [0.2, 0.25) is 5.02 Å². The van der Waals surface area contributed by atoms with E-state index in [1.165, 1.54) is 17.3 Å². The number of aromatic nitrogens is 2. The Morgan fingerprint density at radius 2 is 1.77 bits per heavy atom. The summed E-state index contributed by atoms with van der Waals surface area (Å²) in [6.45, 7) is 0. The van der Waals surface area contributed by atoms with Gasteiger partial charge in [-0.15, -0.1) is 10.2 Å². The van der Waals surface area contributed by atoms with Gasteiger partial charge in [-0.3, -0.25) is 0 Å². The predicted octanol–water partition coefficient (Wildman–Crippen LogP) is 5.20. The highest BCUT2D eigenvalue weighted by atomic mass is 35.5. The first-order valence-electron chi connectivity index (χ1n) is 6.75. The van der Waals surface area contributed by atoms with Gasteiger partial charge in [0.05, 0.1) is 0 Å². The molecule has 0 fully saturated rings. The summed E-state index contributed by atoms with van der Waals surface area (Å²) in [5.74, 6) is 1.28. The van der Waals surface area contributed by atoms with E-state index < -0.39 is 0 Å². The molecular weight excluding hydrogens is 316 g/mol. The summed E-state index contributed by atoms with van der Waals surface area (Å²) in [5, 5.41) is 9.33. The molecule has 0 aliphatic rings. The van der Waals surface area contributed by atoms with Crippen LogP contribution in [0.4, 0.5) is 0 Å². The molecule has 0 spiro atoms. The zero-order chi connectivity index (χ0) is 15.2. The third kappa shape index (κ3) is 4.00. The Hall–Kier alpha value is -2.04. The summed E-state index contributed by atoms with van der Waals surface area (Å²) >= 11 is 7.37. The van der Waals surface area contributed by atoms with E-state index >= 15 is 0 Å². The SMILES string of the molecule is Clc1ccc(-c2nnc(SC/C=C/c3ccccc3)o2)cc1. The molecule has 3 nitrogen and oxygen atoms in total. The van der Waals surface area contributed by atoms with Crippen molar-refractivity contribution in [3.63, 3.8) is 0 Å². The normalized spacial score (nSPS) is 11.1. The Balaban J connectivity index is 1.58. The van der Waals surface area contributed by atoms with Crippen molar-refractivity contribution in [3.05, 3.63) is 71.3 Å². The molecule has 0 saturated carbocycles. The maximum Gasteiger partial charge on any atom is 0.277 e. The van der Waals surface area contributed by atoms with E-state index in [0.29, 0.717) is 16.1 Å². The number of benzene rings is 2. The molecule has 1 aromatic heterocycles. The molecule has 2 aromatic carbocycles. The van der Waals surface area contributed by atoms with Gasteiger partial charge in [0.1, 0.15) is 0 Å². The van der Waals surface area contributed by atoms with Crippen molar-refractivity contribution in [1.29, 1.82) is 0 Å². The van der Waals surface area contributed by atoms with E-state index in [1.807, 2.05) is 30.3 Å². The molecule has 5 heteroatoms. The summed E-state index contributed by atoms with van der Waals surface area (Å²) in [6, 6.07) is 17.5. The molecule has 0 saturated heterocycles. The number of nitrogens with zero attached hydrogens (tertiary/aromatic N) is 2. The molecule has 0 atom stereocenters. The van der Waals surface area contributed by atoms with Crippen LogP contribution in [0.3, 0.4) is 0 Å². The van der Waals surface area contributed by atoms with Crippen molar-refractivity contribution in [3.8, 4) is 11.5 Å². The van der Waals surface area contributed by atoms with Gasteiger partial charge < -0.3 is 4.42 Å². The van der Waals surface area contributed by atoms with Crippen LogP contribution in [-0.4, -0.2) is 16.0 Å². The number of thioether (sulfide) groups is 1. The van der Waals surface area contributed by atoms with Gasteiger partial charge >= 0.3 is 0 Å². The van der Waals surface area contributed by atoms with Gasteiger partial charge in [-0.05, 0) is 29.8 Å². The van der Waals surface area contributed by atoms with E-state index in [4.69, 9.17) is 16.0 Å². The second kappa shape index (κ2) is 7.29.